The number of methoxy groups -OCH3 is 1. The molecule has 35 heavy (non-hydrogen) atoms. The SMILES string of the molecule is CCCCN(CCCC)CCCN1C(=O)C(=O)C(=C(O)c2ccc(OC)cc2)[C@H]1c1ccccn1. The number of benzene rings is 1. The van der Waals surface area contributed by atoms with Gasteiger partial charge in [-0.05, 0) is 75.3 Å². The first kappa shape index (κ1) is 26.4. The van der Waals surface area contributed by atoms with Gasteiger partial charge in [-0.15, -0.1) is 0 Å². The van der Waals surface area contributed by atoms with Crippen molar-refractivity contribution in [3.8, 4) is 5.75 Å². The Morgan fingerprint density at radius 3 is 2.23 bits per heavy atom. The molecule has 7 nitrogen and oxygen atoms in total. The number of ether oxygens (including phenoxy) is 1. The highest BCUT2D eigenvalue weighted by atomic mass is 16.5. The molecule has 0 radical (unpaired) electrons. The molecule has 1 amide bonds. The molecule has 0 saturated carbocycles. The lowest BCUT2D eigenvalue weighted by Gasteiger charge is -2.27. The zero-order valence-electron chi connectivity index (χ0n) is 21.1. The van der Waals surface area contributed by atoms with Gasteiger partial charge in [0.25, 0.3) is 11.7 Å². The van der Waals surface area contributed by atoms with Gasteiger partial charge in [-0.1, -0.05) is 32.8 Å². The van der Waals surface area contributed by atoms with Crippen molar-refractivity contribution in [1.29, 1.82) is 0 Å². The molecule has 188 valence electrons. The number of pyridine rings is 1. The minimum absolute atomic E-state index is 0.0766. The Kier molecular flexibility index (Phi) is 9.85. The van der Waals surface area contributed by atoms with Crippen molar-refractivity contribution >= 4 is 17.4 Å². The summed E-state index contributed by atoms with van der Waals surface area (Å²) < 4.78 is 5.19. The summed E-state index contributed by atoms with van der Waals surface area (Å²) in [5.74, 6) is -0.831. The standard InChI is InChI=1S/C28H37N3O4/c1-4-6-17-30(18-7-5-2)19-10-20-31-25(23-11-8-9-16-29-23)24(27(33)28(31)34)26(32)21-12-14-22(35-3)15-13-21/h8-9,11-16,25,32H,4-7,10,17-20H2,1-3H3/t25-/m1/s1. The van der Waals surface area contributed by atoms with Gasteiger partial charge in [0, 0.05) is 18.3 Å². The first-order valence-electron chi connectivity index (χ1n) is 12.6. The Labute approximate surface area is 208 Å². The number of hydrogen-bond acceptors (Lipinski definition) is 6. The lowest BCUT2D eigenvalue weighted by Crippen LogP contribution is -2.34. The maximum atomic E-state index is 13.1. The first-order chi connectivity index (χ1) is 17.0. The highest BCUT2D eigenvalue weighted by Gasteiger charge is 2.46. The number of unbranched alkanes of at least 4 members (excludes halogenated alkanes) is 2. The van der Waals surface area contributed by atoms with Gasteiger partial charge in [0.1, 0.15) is 17.6 Å². The Morgan fingerprint density at radius 2 is 1.66 bits per heavy atom. The fourth-order valence-corrected chi connectivity index (χ4v) is 4.42. The molecule has 0 unspecified atom stereocenters. The fourth-order valence-electron chi connectivity index (χ4n) is 4.42. The van der Waals surface area contributed by atoms with E-state index in [0.717, 1.165) is 51.7 Å². The van der Waals surface area contributed by atoms with Crippen molar-refractivity contribution in [2.75, 3.05) is 33.3 Å². The Morgan fingerprint density at radius 1 is 1.00 bits per heavy atom. The van der Waals surface area contributed by atoms with Crippen LogP contribution < -0.4 is 4.74 Å². The second kappa shape index (κ2) is 13.0. The average molecular weight is 480 g/mol. The van der Waals surface area contributed by atoms with Gasteiger partial charge >= 0.3 is 0 Å². The number of rotatable bonds is 13. The number of amides is 1. The summed E-state index contributed by atoms with van der Waals surface area (Å²) in [5.41, 5.74) is 1.10. The number of carbonyl (C=O) groups is 2. The third-order valence-corrected chi connectivity index (χ3v) is 6.40. The number of aromatic nitrogens is 1. The number of Topliss-reactive ketones (excluding diaryl/α,β-unsaturated/α-hetero) is 1. The van der Waals surface area contributed by atoms with Crippen LogP contribution in [-0.4, -0.2) is 64.9 Å². The van der Waals surface area contributed by atoms with Crippen LogP contribution in [0.3, 0.4) is 0 Å². The van der Waals surface area contributed by atoms with Crippen LogP contribution >= 0.6 is 0 Å². The molecule has 1 aromatic heterocycles. The topological polar surface area (TPSA) is 83.0 Å². The number of hydrogen-bond donors (Lipinski definition) is 1. The predicted octanol–water partition coefficient (Wildman–Crippen LogP) is 4.80. The number of likely N-dealkylation sites (tertiary alicyclic amines) is 1. The summed E-state index contributed by atoms with van der Waals surface area (Å²) >= 11 is 0. The Bertz CT molecular complexity index is 997. The van der Waals surface area contributed by atoms with Gasteiger partial charge in [-0.2, -0.15) is 0 Å². The third kappa shape index (κ3) is 6.48. The zero-order valence-corrected chi connectivity index (χ0v) is 21.1. The molecular formula is C28H37N3O4. The minimum Gasteiger partial charge on any atom is -0.507 e. The van der Waals surface area contributed by atoms with E-state index in [1.807, 2.05) is 6.07 Å². The van der Waals surface area contributed by atoms with Crippen LogP contribution in [0, 0.1) is 0 Å². The van der Waals surface area contributed by atoms with Crippen molar-refractivity contribution < 1.29 is 19.4 Å². The third-order valence-electron chi connectivity index (χ3n) is 6.40. The Balaban J connectivity index is 1.88. The smallest absolute Gasteiger partial charge is 0.295 e. The molecule has 0 aliphatic carbocycles. The van der Waals surface area contributed by atoms with Gasteiger partial charge in [-0.3, -0.25) is 14.6 Å². The molecule has 2 heterocycles. The lowest BCUT2D eigenvalue weighted by molar-refractivity contribution is -0.140. The summed E-state index contributed by atoms with van der Waals surface area (Å²) in [6.07, 6.45) is 6.95. The molecule has 1 N–H and O–H groups in total. The molecule has 2 aromatic rings. The molecule has 1 aliphatic rings. The maximum Gasteiger partial charge on any atom is 0.295 e. The average Bonchev–Trinajstić information content (AvgIpc) is 3.15. The summed E-state index contributed by atoms with van der Waals surface area (Å²) in [5, 5.41) is 11.1. The number of carbonyl (C=O) groups excluding carboxylic acids is 2. The minimum atomic E-state index is -0.724. The van der Waals surface area contributed by atoms with Crippen molar-refractivity contribution in [3.05, 3.63) is 65.5 Å². The second-order valence-corrected chi connectivity index (χ2v) is 8.88. The predicted molar refractivity (Wildman–Crippen MR) is 137 cm³/mol. The largest absolute Gasteiger partial charge is 0.507 e. The lowest BCUT2D eigenvalue weighted by atomic mass is 9.98. The molecule has 1 aromatic carbocycles. The highest BCUT2D eigenvalue weighted by molar-refractivity contribution is 6.46. The molecule has 1 saturated heterocycles. The van der Waals surface area contributed by atoms with Gasteiger partial charge in [0.2, 0.25) is 0 Å². The van der Waals surface area contributed by atoms with Crippen LogP contribution in [0.1, 0.15) is 63.3 Å². The normalized spacial score (nSPS) is 17.4. The molecule has 1 atom stereocenters. The van der Waals surface area contributed by atoms with E-state index in [9.17, 15) is 14.7 Å². The van der Waals surface area contributed by atoms with Crippen LogP contribution in [0.15, 0.2) is 54.2 Å². The maximum absolute atomic E-state index is 13.1. The van der Waals surface area contributed by atoms with Crippen LogP contribution in [0.5, 0.6) is 5.75 Å². The van der Waals surface area contributed by atoms with E-state index in [2.05, 4.69) is 23.7 Å². The van der Waals surface area contributed by atoms with Crippen LogP contribution in [-0.2, 0) is 9.59 Å². The summed E-state index contributed by atoms with van der Waals surface area (Å²) in [6.45, 7) is 7.73. The second-order valence-electron chi connectivity index (χ2n) is 8.88. The van der Waals surface area contributed by atoms with Gasteiger partial charge in [0.15, 0.2) is 0 Å². The van der Waals surface area contributed by atoms with Gasteiger partial charge in [-0.25, -0.2) is 0 Å². The monoisotopic (exact) mass is 479 g/mol. The number of nitrogens with zero attached hydrogens (tertiary/aromatic N) is 3. The molecule has 1 fully saturated rings. The van der Waals surface area contributed by atoms with E-state index < -0.39 is 17.7 Å². The molecular weight excluding hydrogens is 442 g/mol. The number of aliphatic hydroxyl groups is 1. The van der Waals surface area contributed by atoms with Crippen molar-refractivity contribution in [3.63, 3.8) is 0 Å². The van der Waals surface area contributed by atoms with E-state index in [1.165, 1.54) is 0 Å². The number of ketones is 1. The quantitative estimate of drug-likeness (QED) is 0.252. The van der Waals surface area contributed by atoms with Crippen molar-refractivity contribution in [2.24, 2.45) is 0 Å². The van der Waals surface area contributed by atoms with Gasteiger partial charge < -0.3 is 19.6 Å². The van der Waals surface area contributed by atoms with E-state index in [4.69, 9.17) is 4.74 Å². The molecule has 7 heteroatoms. The van der Waals surface area contributed by atoms with E-state index in [-0.39, 0.29) is 11.3 Å². The van der Waals surface area contributed by atoms with Crippen molar-refractivity contribution in [2.45, 2.75) is 52.0 Å². The summed E-state index contributed by atoms with van der Waals surface area (Å²) in [7, 11) is 1.56. The van der Waals surface area contributed by atoms with Crippen LogP contribution in [0.4, 0.5) is 0 Å². The van der Waals surface area contributed by atoms with Crippen LogP contribution in [0.25, 0.3) is 5.76 Å². The molecule has 0 bridgehead atoms. The van der Waals surface area contributed by atoms with E-state index in [0.29, 0.717) is 23.6 Å². The highest BCUT2D eigenvalue weighted by Crippen LogP contribution is 2.38. The fraction of sp³-hybridized carbons (Fsp3) is 0.464. The Hall–Kier alpha value is -3.19. The molecule has 3 rings (SSSR count). The van der Waals surface area contributed by atoms with E-state index >= 15 is 0 Å². The first-order valence-corrected chi connectivity index (χ1v) is 12.6. The summed E-state index contributed by atoms with van der Waals surface area (Å²) in [6, 6.07) is 11.5. The van der Waals surface area contributed by atoms with Crippen molar-refractivity contribution in [1.82, 2.24) is 14.8 Å². The zero-order chi connectivity index (χ0) is 25.2. The summed E-state index contributed by atoms with van der Waals surface area (Å²) in [4.78, 5) is 34.7. The number of aliphatic hydroxyl groups excluding tert-OH is 1. The van der Waals surface area contributed by atoms with Gasteiger partial charge in [0.05, 0.1) is 18.4 Å². The molecule has 0 spiro atoms. The van der Waals surface area contributed by atoms with E-state index in [1.54, 1.807) is 54.6 Å². The molecule has 1 aliphatic heterocycles. The van der Waals surface area contributed by atoms with Crippen LogP contribution in [0.2, 0.25) is 0 Å².